The number of hydrogen-bond acceptors (Lipinski definition) is 3. The number of aromatic carboxylic acids is 1. The largest absolute Gasteiger partial charge is 0.478 e. The van der Waals surface area contributed by atoms with Crippen LogP contribution in [0.1, 0.15) is 22.8 Å². The van der Waals surface area contributed by atoms with Crippen LogP contribution in [0.25, 0.3) is 6.08 Å². The molecule has 0 bridgehead atoms. The Morgan fingerprint density at radius 3 is 2.76 bits per heavy atom. The monoisotopic (exact) mass is 254 g/mol. The molecule has 5 heteroatoms. The maximum atomic E-state index is 13.0. The van der Waals surface area contributed by atoms with Crippen molar-refractivity contribution in [3.63, 3.8) is 0 Å². The van der Waals surface area contributed by atoms with Crippen LogP contribution in [0.4, 0.5) is 4.39 Å². The topological polar surface area (TPSA) is 54.4 Å². The van der Waals surface area contributed by atoms with E-state index in [2.05, 4.69) is 0 Å². The van der Waals surface area contributed by atoms with E-state index < -0.39 is 11.8 Å². The molecule has 0 spiro atoms. The van der Waals surface area contributed by atoms with E-state index in [4.69, 9.17) is 5.11 Å². The van der Waals surface area contributed by atoms with Crippen LogP contribution in [0.15, 0.2) is 24.3 Å². The van der Waals surface area contributed by atoms with Gasteiger partial charge in [0.05, 0.1) is 5.56 Å². The summed E-state index contributed by atoms with van der Waals surface area (Å²) < 4.78 is 13.0. The molecule has 0 aliphatic heterocycles. The van der Waals surface area contributed by atoms with E-state index in [1.807, 2.05) is 0 Å². The third-order valence-corrected chi connectivity index (χ3v) is 2.69. The molecule has 0 atom stereocenters. The Bertz CT molecular complexity index is 469. The molecule has 17 heavy (non-hydrogen) atoms. The van der Waals surface area contributed by atoms with E-state index >= 15 is 0 Å². The smallest absolute Gasteiger partial charge is 0.336 e. The zero-order valence-corrected chi connectivity index (χ0v) is 9.96. The van der Waals surface area contributed by atoms with Crippen LogP contribution in [0, 0.1) is 5.82 Å². The van der Waals surface area contributed by atoms with E-state index in [1.54, 1.807) is 6.08 Å². The van der Waals surface area contributed by atoms with Gasteiger partial charge in [-0.3, -0.25) is 4.79 Å². The Balaban J connectivity index is 2.85. The van der Waals surface area contributed by atoms with Crippen LogP contribution in [0.5, 0.6) is 0 Å². The third-order valence-electron chi connectivity index (χ3n) is 1.92. The van der Waals surface area contributed by atoms with Gasteiger partial charge in [0.2, 0.25) is 0 Å². The lowest BCUT2D eigenvalue weighted by Gasteiger charge is -2.00. The predicted molar refractivity (Wildman–Crippen MR) is 65.5 cm³/mol. The van der Waals surface area contributed by atoms with Crippen molar-refractivity contribution in [2.45, 2.75) is 6.92 Å². The van der Waals surface area contributed by atoms with E-state index in [0.29, 0.717) is 11.3 Å². The summed E-state index contributed by atoms with van der Waals surface area (Å²) in [6.07, 6.45) is 3.13. The Labute approximate surface area is 102 Å². The number of halogens is 1. The fourth-order valence-corrected chi connectivity index (χ4v) is 1.63. The van der Waals surface area contributed by atoms with E-state index in [-0.39, 0.29) is 10.7 Å². The Morgan fingerprint density at radius 2 is 2.18 bits per heavy atom. The molecule has 0 radical (unpaired) electrons. The number of carboxylic acids is 1. The maximum absolute atomic E-state index is 13.0. The molecule has 3 nitrogen and oxygen atoms in total. The lowest BCUT2D eigenvalue weighted by Crippen LogP contribution is -1.99. The van der Waals surface area contributed by atoms with Gasteiger partial charge in [-0.15, -0.1) is 0 Å². The second-order valence-corrected chi connectivity index (χ2v) is 4.44. The predicted octanol–water partition coefficient (Wildman–Crippen LogP) is 2.82. The zero-order valence-electron chi connectivity index (χ0n) is 9.14. The van der Waals surface area contributed by atoms with E-state index in [9.17, 15) is 14.0 Å². The normalized spacial score (nSPS) is 10.7. The molecule has 0 fully saturated rings. The third kappa shape index (κ3) is 4.40. The highest BCUT2D eigenvalue weighted by atomic mass is 32.2. The summed E-state index contributed by atoms with van der Waals surface area (Å²) in [5, 5.41) is 8.86. The quantitative estimate of drug-likeness (QED) is 0.897. The number of hydrogen-bond donors (Lipinski definition) is 1. The number of rotatable bonds is 4. The van der Waals surface area contributed by atoms with Crippen molar-refractivity contribution in [3.05, 3.63) is 41.2 Å². The van der Waals surface area contributed by atoms with Gasteiger partial charge in [0.1, 0.15) is 5.82 Å². The number of thioether (sulfide) groups is 1. The van der Waals surface area contributed by atoms with Gasteiger partial charge >= 0.3 is 5.97 Å². The molecular formula is C12H11FO3S. The summed E-state index contributed by atoms with van der Waals surface area (Å²) in [6, 6.07) is 3.47. The average molecular weight is 254 g/mol. The van der Waals surface area contributed by atoms with Gasteiger partial charge in [-0.25, -0.2) is 9.18 Å². The van der Waals surface area contributed by atoms with Crippen molar-refractivity contribution in [3.8, 4) is 0 Å². The van der Waals surface area contributed by atoms with Crippen LogP contribution in [0.3, 0.4) is 0 Å². The summed E-state index contributed by atoms with van der Waals surface area (Å²) in [5.74, 6) is -1.16. The molecule has 0 saturated carbocycles. The molecule has 0 aliphatic carbocycles. The molecular weight excluding hydrogens is 243 g/mol. The first kappa shape index (κ1) is 13.4. The van der Waals surface area contributed by atoms with Crippen molar-refractivity contribution in [2.24, 2.45) is 0 Å². The molecule has 1 aromatic carbocycles. The van der Waals surface area contributed by atoms with Gasteiger partial charge in [0.15, 0.2) is 5.12 Å². The molecule has 0 amide bonds. The molecule has 1 rings (SSSR count). The molecule has 0 unspecified atom stereocenters. The van der Waals surface area contributed by atoms with Crippen molar-refractivity contribution in [1.82, 2.24) is 0 Å². The second-order valence-electron chi connectivity index (χ2n) is 3.24. The first-order chi connectivity index (χ1) is 8.00. The summed E-state index contributed by atoms with van der Waals surface area (Å²) >= 11 is 1.10. The summed E-state index contributed by atoms with van der Waals surface area (Å²) in [5.41, 5.74) is 0.331. The van der Waals surface area contributed by atoms with Crippen LogP contribution in [-0.4, -0.2) is 21.9 Å². The number of carbonyl (C=O) groups excluding carboxylic acids is 1. The van der Waals surface area contributed by atoms with E-state index in [0.717, 1.165) is 23.9 Å². The standard InChI is InChI=1S/C12H11FO3S/c1-8(14)17-6-2-3-9-7-10(13)4-5-11(9)12(15)16/h2-5,7H,6H2,1H3,(H,15,16). The Kier molecular flexibility index (Phi) is 4.90. The molecule has 0 saturated heterocycles. The minimum Gasteiger partial charge on any atom is -0.478 e. The Morgan fingerprint density at radius 1 is 1.47 bits per heavy atom. The summed E-state index contributed by atoms with van der Waals surface area (Å²) in [7, 11) is 0. The first-order valence-electron chi connectivity index (χ1n) is 4.83. The summed E-state index contributed by atoms with van der Waals surface area (Å²) in [4.78, 5) is 21.5. The van der Waals surface area contributed by atoms with Gasteiger partial charge < -0.3 is 5.11 Å². The van der Waals surface area contributed by atoms with Crippen molar-refractivity contribution < 1.29 is 19.1 Å². The maximum Gasteiger partial charge on any atom is 0.336 e. The SMILES string of the molecule is CC(=O)SCC=Cc1cc(F)ccc1C(=O)O. The number of carboxylic acid groups (broad SMARTS) is 1. The number of carbonyl (C=O) groups is 2. The van der Waals surface area contributed by atoms with Crippen LogP contribution in [0.2, 0.25) is 0 Å². The van der Waals surface area contributed by atoms with Gasteiger partial charge in [0.25, 0.3) is 0 Å². The minimum atomic E-state index is -1.11. The van der Waals surface area contributed by atoms with Crippen molar-refractivity contribution in [2.75, 3.05) is 5.75 Å². The summed E-state index contributed by atoms with van der Waals surface area (Å²) in [6.45, 7) is 1.45. The van der Waals surface area contributed by atoms with Gasteiger partial charge in [-0.05, 0) is 23.8 Å². The zero-order chi connectivity index (χ0) is 12.8. The van der Waals surface area contributed by atoms with Crippen molar-refractivity contribution in [1.29, 1.82) is 0 Å². The molecule has 90 valence electrons. The van der Waals surface area contributed by atoms with Gasteiger partial charge in [-0.2, -0.15) is 0 Å². The minimum absolute atomic E-state index is 0.0210. The fourth-order valence-electron chi connectivity index (χ4n) is 1.21. The molecule has 1 N–H and O–H groups in total. The molecule has 1 aromatic rings. The second kappa shape index (κ2) is 6.20. The molecule has 0 heterocycles. The van der Waals surface area contributed by atoms with E-state index in [1.165, 1.54) is 19.1 Å². The fraction of sp³-hybridized carbons (Fsp3) is 0.167. The van der Waals surface area contributed by atoms with Crippen LogP contribution in [-0.2, 0) is 4.79 Å². The van der Waals surface area contributed by atoms with Crippen LogP contribution < -0.4 is 0 Å². The average Bonchev–Trinajstić information content (AvgIpc) is 2.23. The molecule has 0 aromatic heterocycles. The molecule has 0 aliphatic rings. The van der Waals surface area contributed by atoms with Crippen molar-refractivity contribution >= 4 is 28.9 Å². The highest BCUT2D eigenvalue weighted by Crippen LogP contribution is 2.14. The number of benzene rings is 1. The van der Waals surface area contributed by atoms with Gasteiger partial charge in [-0.1, -0.05) is 23.9 Å². The highest BCUT2D eigenvalue weighted by molar-refractivity contribution is 8.13. The van der Waals surface area contributed by atoms with Crippen LogP contribution >= 0.6 is 11.8 Å². The lowest BCUT2D eigenvalue weighted by atomic mass is 10.1. The van der Waals surface area contributed by atoms with Gasteiger partial charge in [0, 0.05) is 12.7 Å². The Hall–Kier alpha value is -1.62. The lowest BCUT2D eigenvalue weighted by molar-refractivity contribution is -0.109. The highest BCUT2D eigenvalue weighted by Gasteiger charge is 2.08. The first-order valence-corrected chi connectivity index (χ1v) is 5.82.